The van der Waals surface area contributed by atoms with Crippen molar-refractivity contribution in [3.63, 3.8) is 0 Å². The number of hydrogen-bond donors (Lipinski definition) is 1. The fraction of sp³-hybridized carbons (Fsp3) is 0.333. The molecule has 1 N–H and O–H groups in total. The number of halogens is 2. The zero-order valence-electron chi connectivity index (χ0n) is 8.94. The van der Waals surface area contributed by atoms with Crippen molar-refractivity contribution in [2.75, 3.05) is 20.3 Å². The Morgan fingerprint density at radius 1 is 1.41 bits per heavy atom. The normalized spacial score (nSPS) is 11.7. The topological polar surface area (TPSA) is 64.6 Å². The fourth-order valence-corrected chi connectivity index (χ4v) is 2.44. The molecule has 0 amide bonds. The maximum absolute atomic E-state index is 11.7. The highest BCUT2D eigenvalue weighted by Gasteiger charge is 2.15. The molecule has 0 bridgehead atoms. The van der Waals surface area contributed by atoms with Gasteiger partial charge in [-0.1, -0.05) is 16.5 Å². The van der Waals surface area contributed by atoms with E-state index < -0.39 is 10.0 Å². The molecule has 1 rings (SSSR count). The second kappa shape index (κ2) is 6.67. The van der Waals surface area contributed by atoms with E-state index in [0.29, 0.717) is 16.1 Å². The summed E-state index contributed by atoms with van der Waals surface area (Å²) < 4.78 is 28.6. The highest BCUT2D eigenvalue weighted by molar-refractivity contribution is 9.10. The van der Waals surface area contributed by atoms with Crippen LogP contribution in [-0.4, -0.2) is 28.7 Å². The summed E-state index contributed by atoms with van der Waals surface area (Å²) in [6, 6.07) is 4.26. The molecule has 0 radical (unpaired) electrons. The van der Waals surface area contributed by atoms with Gasteiger partial charge in [-0.15, -0.1) is 0 Å². The van der Waals surface area contributed by atoms with Crippen molar-refractivity contribution in [3.8, 4) is 0 Å². The van der Waals surface area contributed by atoms with Crippen LogP contribution in [0, 0.1) is 0 Å². The lowest BCUT2D eigenvalue weighted by molar-refractivity contribution is 0.0438. The van der Waals surface area contributed by atoms with E-state index in [4.69, 9.17) is 21.2 Å². The molecule has 5 nitrogen and oxygen atoms in total. The summed E-state index contributed by atoms with van der Waals surface area (Å²) in [7, 11) is -2.20. The van der Waals surface area contributed by atoms with Gasteiger partial charge in [-0.2, -0.15) is 0 Å². The van der Waals surface area contributed by atoms with Crippen LogP contribution in [0.5, 0.6) is 0 Å². The van der Waals surface area contributed by atoms with E-state index in [1.54, 1.807) is 0 Å². The zero-order chi connectivity index (χ0) is 12.9. The Bertz CT molecular complexity index is 480. The van der Waals surface area contributed by atoms with Gasteiger partial charge < -0.3 is 4.74 Å². The molecule has 0 spiro atoms. The van der Waals surface area contributed by atoms with Gasteiger partial charge in [-0.05, 0) is 34.1 Å². The van der Waals surface area contributed by atoms with Gasteiger partial charge in [-0.3, -0.25) is 4.84 Å². The number of rotatable bonds is 6. The quantitative estimate of drug-likeness (QED) is 0.633. The number of hydrogen-bond acceptors (Lipinski definition) is 4. The number of sulfonamides is 1. The first-order valence-electron chi connectivity index (χ1n) is 4.55. The molecule has 0 heterocycles. The first-order valence-corrected chi connectivity index (χ1v) is 7.20. The van der Waals surface area contributed by atoms with Crippen molar-refractivity contribution in [1.29, 1.82) is 0 Å². The van der Waals surface area contributed by atoms with Gasteiger partial charge in [0.1, 0.15) is 0 Å². The van der Waals surface area contributed by atoms with E-state index in [9.17, 15) is 8.42 Å². The summed E-state index contributed by atoms with van der Waals surface area (Å²) >= 11 is 8.91. The van der Waals surface area contributed by atoms with Gasteiger partial charge in [0.2, 0.25) is 0 Å². The summed E-state index contributed by atoms with van der Waals surface area (Å²) in [6.07, 6.45) is 0. The molecule has 0 aliphatic rings. The van der Waals surface area contributed by atoms with Crippen molar-refractivity contribution in [2.45, 2.75) is 4.90 Å². The maximum atomic E-state index is 11.7. The molecular weight excluding hydrogens is 334 g/mol. The smallest absolute Gasteiger partial charge is 0.262 e. The van der Waals surface area contributed by atoms with Gasteiger partial charge in [0.15, 0.2) is 0 Å². The lowest BCUT2D eigenvalue weighted by Gasteiger charge is -2.07. The first kappa shape index (κ1) is 14.9. The molecule has 0 saturated heterocycles. The van der Waals surface area contributed by atoms with Gasteiger partial charge in [0, 0.05) is 11.6 Å². The van der Waals surface area contributed by atoms with Crippen LogP contribution in [0.4, 0.5) is 0 Å². The van der Waals surface area contributed by atoms with E-state index >= 15 is 0 Å². The molecule has 1 aromatic carbocycles. The molecule has 0 atom stereocenters. The Kier molecular flexibility index (Phi) is 5.84. The lowest BCUT2D eigenvalue weighted by Crippen LogP contribution is -2.25. The summed E-state index contributed by atoms with van der Waals surface area (Å²) in [5, 5.41) is 0.434. The van der Waals surface area contributed by atoms with Crippen LogP contribution in [-0.2, 0) is 19.6 Å². The minimum atomic E-state index is -3.70. The molecule has 0 aliphatic heterocycles. The summed E-state index contributed by atoms with van der Waals surface area (Å²) in [4.78, 5) is 6.80. The molecule has 0 aliphatic carbocycles. The summed E-state index contributed by atoms with van der Waals surface area (Å²) in [5.41, 5.74) is 0. The molecule has 8 heteroatoms. The van der Waals surface area contributed by atoms with Gasteiger partial charge in [0.05, 0.1) is 23.1 Å². The van der Waals surface area contributed by atoms with Crippen LogP contribution >= 0.6 is 27.5 Å². The van der Waals surface area contributed by atoms with Crippen molar-refractivity contribution in [2.24, 2.45) is 0 Å². The Labute approximate surface area is 113 Å². The number of methoxy groups -OCH3 is 1. The van der Waals surface area contributed by atoms with E-state index in [1.807, 2.05) is 4.89 Å². The molecule has 0 fully saturated rings. The van der Waals surface area contributed by atoms with Gasteiger partial charge >= 0.3 is 0 Å². The van der Waals surface area contributed by atoms with E-state index in [1.165, 1.54) is 25.3 Å². The van der Waals surface area contributed by atoms with Crippen molar-refractivity contribution in [1.82, 2.24) is 4.89 Å². The summed E-state index contributed by atoms with van der Waals surface area (Å²) in [5.74, 6) is 0. The second-order valence-corrected chi connectivity index (χ2v) is 5.91. The molecule has 1 aromatic rings. The predicted molar refractivity (Wildman–Crippen MR) is 67.3 cm³/mol. The minimum absolute atomic E-state index is 0.0613. The van der Waals surface area contributed by atoms with Crippen LogP contribution in [0.2, 0.25) is 5.02 Å². The largest absolute Gasteiger partial charge is 0.382 e. The van der Waals surface area contributed by atoms with Crippen LogP contribution < -0.4 is 4.89 Å². The van der Waals surface area contributed by atoms with Crippen molar-refractivity contribution in [3.05, 3.63) is 27.7 Å². The maximum Gasteiger partial charge on any atom is 0.262 e. The number of benzene rings is 1. The average molecular weight is 345 g/mol. The molecule has 17 heavy (non-hydrogen) atoms. The van der Waals surface area contributed by atoms with Crippen LogP contribution in [0.25, 0.3) is 0 Å². The monoisotopic (exact) mass is 343 g/mol. The van der Waals surface area contributed by atoms with Gasteiger partial charge in [-0.25, -0.2) is 8.42 Å². The molecule has 96 valence electrons. The van der Waals surface area contributed by atoms with Crippen molar-refractivity contribution >= 4 is 37.6 Å². The van der Waals surface area contributed by atoms with Crippen LogP contribution in [0.3, 0.4) is 0 Å². The van der Waals surface area contributed by atoms with E-state index in [0.717, 1.165) is 0 Å². The number of nitrogens with one attached hydrogen (secondary N) is 1. The lowest BCUT2D eigenvalue weighted by atomic mass is 10.4. The predicted octanol–water partition coefficient (Wildman–Crippen LogP) is 1.96. The van der Waals surface area contributed by atoms with E-state index in [2.05, 4.69) is 15.9 Å². The van der Waals surface area contributed by atoms with Crippen molar-refractivity contribution < 1.29 is 18.0 Å². The van der Waals surface area contributed by atoms with Crippen LogP contribution in [0.1, 0.15) is 0 Å². The molecule has 0 saturated carbocycles. The first-order chi connectivity index (χ1) is 7.97. The Morgan fingerprint density at radius 2 is 2.12 bits per heavy atom. The summed E-state index contributed by atoms with van der Waals surface area (Å²) in [6.45, 7) is 0.428. The minimum Gasteiger partial charge on any atom is -0.382 e. The third-order valence-electron chi connectivity index (χ3n) is 1.76. The fourth-order valence-electron chi connectivity index (χ4n) is 0.936. The Morgan fingerprint density at radius 3 is 2.71 bits per heavy atom. The second-order valence-electron chi connectivity index (χ2n) is 3.00. The zero-order valence-corrected chi connectivity index (χ0v) is 12.1. The standard InChI is InChI=1S/C9H11BrClNO4S/c1-15-4-5-16-12-17(13,14)7-2-3-9(11)8(10)6-7/h2-3,6,12H,4-5H2,1H3. The highest BCUT2D eigenvalue weighted by Crippen LogP contribution is 2.25. The molecular formula is C9H11BrClNO4S. The number of ether oxygens (including phenoxy) is 1. The Balaban J connectivity index is 2.72. The highest BCUT2D eigenvalue weighted by atomic mass is 79.9. The third kappa shape index (κ3) is 4.53. The third-order valence-corrected chi connectivity index (χ3v) is 4.19. The average Bonchev–Trinajstić information content (AvgIpc) is 2.28. The SMILES string of the molecule is COCCONS(=O)(=O)c1ccc(Cl)c(Br)c1. The molecule has 0 aromatic heterocycles. The molecule has 0 unspecified atom stereocenters. The Hall–Kier alpha value is -0.180. The van der Waals surface area contributed by atoms with Crippen LogP contribution in [0.15, 0.2) is 27.6 Å². The van der Waals surface area contributed by atoms with Gasteiger partial charge in [0.25, 0.3) is 10.0 Å². The van der Waals surface area contributed by atoms with E-state index in [-0.39, 0.29) is 11.5 Å².